The molecule has 0 saturated carbocycles. The van der Waals surface area contributed by atoms with Gasteiger partial charge in [0.05, 0.1) is 6.42 Å². The molecule has 0 heterocycles. The molecule has 2 nitrogen and oxygen atoms in total. The van der Waals surface area contributed by atoms with Crippen molar-refractivity contribution in [3.8, 4) is 12.3 Å². The second kappa shape index (κ2) is 7.19. The number of carbonyl (C=O) groups excluding carboxylic acids is 1. The van der Waals surface area contributed by atoms with Crippen LogP contribution in [0.15, 0.2) is 18.2 Å². The highest BCUT2D eigenvalue weighted by atomic mass is 31.0. The van der Waals surface area contributed by atoms with Gasteiger partial charge in [-0.15, -0.1) is 21.6 Å². The van der Waals surface area contributed by atoms with Gasteiger partial charge in [-0.25, -0.2) is 0 Å². The molecule has 18 heavy (non-hydrogen) atoms. The molecule has 1 aliphatic carbocycles. The summed E-state index contributed by atoms with van der Waals surface area (Å²) in [6, 6.07) is 6.24. The monoisotopic (exact) mass is 261 g/mol. The second-order valence-electron chi connectivity index (χ2n) is 4.38. The Morgan fingerprint density at radius 3 is 2.83 bits per heavy atom. The fraction of sp³-hybridized carbons (Fsp3) is 0.400. The third-order valence-electron chi connectivity index (χ3n) is 2.92. The molecule has 0 spiro atoms. The summed E-state index contributed by atoms with van der Waals surface area (Å²) in [4.78, 5) is 10.8. The minimum atomic E-state index is -0.261. The standard InChI is InChI=1S/C11H14NOP.C4H6/c12-11(13)6-7-1-2-8-3-4-10(14)9(8)5-7;1-3-4-2/h1-2,5,10H,3-4,6,14H2,(H2,12,13);1H,4H2,2H3. The number of nitrogens with two attached hydrogens (primary N) is 1. The lowest BCUT2D eigenvalue weighted by Crippen LogP contribution is -2.13. The summed E-state index contributed by atoms with van der Waals surface area (Å²) < 4.78 is 0. The van der Waals surface area contributed by atoms with E-state index >= 15 is 0 Å². The molecule has 0 saturated heterocycles. The molecule has 0 radical (unpaired) electrons. The van der Waals surface area contributed by atoms with E-state index in [2.05, 4.69) is 27.3 Å². The van der Waals surface area contributed by atoms with Gasteiger partial charge < -0.3 is 5.73 Å². The van der Waals surface area contributed by atoms with Crippen molar-refractivity contribution in [1.82, 2.24) is 0 Å². The fourth-order valence-electron chi connectivity index (χ4n) is 1.99. The average molecular weight is 261 g/mol. The number of amides is 1. The van der Waals surface area contributed by atoms with Crippen molar-refractivity contribution >= 4 is 15.1 Å². The average Bonchev–Trinajstić information content (AvgIpc) is 2.71. The molecule has 1 aliphatic rings. The number of carbonyl (C=O) groups is 1. The Morgan fingerprint density at radius 2 is 2.28 bits per heavy atom. The maximum atomic E-state index is 10.8. The maximum absolute atomic E-state index is 10.8. The number of hydrogen-bond acceptors (Lipinski definition) is 1. The topological polar surface area (TPSA) is 43.1 Å². The zero-order chi connectivity index (χ0) is 13.5. The normalized spacial score (nSPS) is 16.2. The van der Waals surface area contributed by atoms with Crippen LogP contribution in [0.4, 0.5) is 0 Å². The first-order valence-electron chi connectivity index (χ1n) is 6.17. The maximum Gasteiger partial charge on any atom is 0.221 e. The SMILES string of the molecule is C#CCC.NC(=O)Cc1ccc2c(c1)C(P)CC2. The van der Waals surface area contributed by atoms with Crippen LogP contribution in [0, 0.1) is 12.3 Å². The van der Waals surface area contributed by atoms with Crippen molar-refractivity contribution in [3.63, 3.8) is 0 Å². The van der Waals surface area contributed by atoms with Gasteiger partial charge in [0.25, 0.3) is 0 Å². The molecule has 1 aromatic rings. The van der Waals surface area contributed by atoms with Gasteiger partial charge in [0.2, 0.25) is 5.91 Å². The summed E-state index contributed by atoms with van der Waals surface area (Å²) in [5.41, 5.74) is 9.53. The molecule has 0 aromatic heterocycles. The highest BCUT2D eigenvalue weighted by Crippen LogP contribution is 2.38. The number of primary amides is 1. The summed E-state index contributed by atoms with van der Waals surface area (Å²) in [5, 5.41) is 0. The Labute approximate surface area is 112 Å². The largest absolute Gasteiger partial charge is 0.369 e. The van der Waals surface area contributed by atoms with E-state index in [1.54, 1.807) is 0 Å². The van der Waals surface area contributed by atoms with Crippen molar-refractivity contribution < 1.29 is 4.79 Å². The highest BCUT2D eigenvalue weighted by molar-refractivity contribution is 7.17. The molecule has 0 fully saturated rings. The lowest BCUT2D eigenvalue weighted by Gasteiger charge is -2.06. The fourth-order valence-corrected chi connectivity index (χ4v) is 2.47. The van der Waals surface area contributed by atoms with Gasteiger partial charge in [-0.05, 0) is 35.2 Å². The van der Waals surface area contributed by atoms with E-state index in [1.807, 2.05) is 13.0 Å². The Bertz CT molecular complexity index is 462. The molecular weight excluding hydrogens is 241 g/mol. The number of terminal acetylenes is 1. The summed E-state index contributed by atoms with van der Waals surface area (Å²) in [7, 11) is 2.85. The van der Waals surface area contributed by atoms with Crippen LogP contribution >= 0.6 is 9.24 Å². The number of rotatable bonds is 2. The highest BCUT2D eigenvalue weighted by Gasteiger charge is 2.18. The first kappa shape index (κ1) is 14.7. The van der Waals surface area contributed by atoms with Crippen LogP contribution < -0.4 is 5.73 Å². The zero-order valence-corrected chi connectivity index (χ0v) is 11.9. The van der Waals surface area contributed by atoms with Gasteiger partial charge in [0, 0.05) is 6.42 Å². The van der Waals surface area contributed by atoms with E-state index in [9.17, 15) is 4.79 Å². The smallest absolute Gasteiger partial charge is 0.221 e. The molecule has 2 rings (SSSR count). The van der Waals surface area contributed by atoms with Gasteiger partial charge in [-0.3, -0.25) is 4.79 Å². The van der Waals surface area contributed by atoms with E-state index in [4.69, 9.17) is 12.2 Å². The lowest BCUT2D eigenvalue weighted by atomic mass is 10.0. The molecule has 2 atom stereocenters. The first-order valence-corrected chi connectivity index (χ1v) is 6.84. The van der Waals surface area contributed by atoms with E-state index in [0.717, 1.165) is 18.4 Å². The van der Waals surface area contributed by atoms with Crippen LogP contribution in [-0.4, -0.2) is 5.91 Å². The summed E-state index contributed by atoms with van der Waals surface area (Å²) >= 11 is 0. The van der Waals surface area contributed by atoms with E-state index < -0.39 is 0 Å². The van der Waals surface area contributed by atoms with Crippen LogP contribution in [0.2, 0.25) is 0 Å². The predicted molar refractivity (Wildman–Crippen MR) is 79.2 cm³/mol. The number of fused-ring (bicyclic) bond motifs is 1. The Kier molecular flexibility index (Phi) is 5.89. The molecule has 2 unspecified atom stereocenters. The molecule has 96 valence electrons. The molecule has 0 aliphatic heterocycles. The number of aryl methyl sites for hydroxylation is 1. The van der Waals surface area contributed by atoms with Crippen molar-refractivity contribution in [2.24, 2.45) is 5.73 Å². The van der Waals surface area contributed by atoms with Crippen molar-refractivity contribution in [2.75, 3.05) is 0 Å². The Hall–Kier alpha value is -1.32. The summed E-state index contributed by atoms with van der Waals surface area (Å²) in [6.07, 6.45) is 8.32. The third-order valence-corrected chi connectivity index (χ3v) is 3.61. The van der Waals surface area contributed by atoms with Crippen LogP contribution in [0.5, 0.6) is 0 Å². The number of hydrogen-bond donors (Lipinski definition) is 1. The molecule has 0 bridgehead atoms. The second-order valence-corrected chi connectivity index (χ2v) is 5.18. The summed E-state index contributed by atoms with van der Waals surface area (Å²) in [6.45, 7) is 1.94. The minimum Gasteiger partial charge on any atom is -0.369 e. The van der Waals surface area contributed by atoms with E-state index in [1.165, 1.54) is 17.5 Å². The van der Waals surface area contributed by atoms with Crippen molar-refractivity contribution in [3.05, 3.63) is 34.9 Å². The Balaban J connectivity index is 0.000000357. The van der Waals surface area contributed by atoms with E-state index in [-0.39, 0.29) is 5.91 Å². The quantitative estimate of drug-likeness (QED) is 0.645. The van der Waals surface area contributed by atoms with Crippen LogP contribution in [-0.2, 0) is 17.6 Å². The zero-order valence-electron chi connectivity index (χ0n) is 10.8. The predicted octanol–water partition coefficient (Wildman–Crippen LogP) is 2.61. The summed E-state index contributed by atoms with van der Waals surface area (Å²) in [5.74, 6) is 2.17. The van der Waals surface area contributed by atoms with Gasteiger partial charge in [0.1, 0.15) is 0 Å². The van der Waals surface area contributed by atoms with Crippen LogP contribution in [0.3, 0.4) is 0 Å². The molecular formula is C15H20NOP. The molecule has 1 amide bonds. The molecule has 1 aromatic carbocycles. The Morgan fingerprint density at radius 1 is 1.61 bits per heavy atom. The van der Waals surface area contributed by atoms with Crippen molar-refractivity contribution in [1.29, 1.82) is 0 Å². The first-order chi connectivity index (χ1) is 8.58. The number of benzene rings is 1. The lowest BCUT2D eigenvalue weighted by molar-refractivity contribution is -0.117. The van der Waals surface area contributed by atoms with Crippen LogP contribution in [0.1, 0.15) is 42.1 Å². The van der Waals surface area contributed by atoms with E-state index in [0.29, 0.717) is 12.1 Å². The van der Waals surface area contributed by atoms with Crippen LogP contribution in [0.25, 0.3) is 0 Å². The molecule has 3 heteroatoms. The van der Waals surface area contributed by atoms with Gasteiger partial charge in [-0.1, -0.05) is 25.1 Å². The molecule has 2 N–H and O–H groups in total. The third kappa shape index (κ3) is 4.17. The minimum absolute atomic E-state index is 0.261. The van der Waals surface area contributed by atoms with Gasteiger partial charge >= 0.3 is 0 Å². The van der Waals surface area contributed by atoms with Gasteiger partial charge in [0.15, 0.2) is 0 Å². The van der Waals surface area contributed by atoms with Crippen molar-refractivity contribution in [2.45, 2.75) is 38.3 Å². The van der Waals surface area contributed by atoms with Gasteiger partial charge in [-0.2, -0.15) is 0 Å².